The molecule has 1 heterocycles. The third-order valence-corrected chi connectivity index (χ3v) is 4.50. The van der Waals surface area contributed by atoms with Gasteiger partial charge in [-0.05, 0) is 37.1 Å². The van der Waals surface area contributed by atoms with Crippen LogP contribution in [0.15, 0.2) is 60.7 Å². The molecule has 0 spiro atoms. The van der Waals surface area contributed by atoms with Gasteiger partial charge in [0.25, 0.3) is 0 Å². The zero-order chi connectivity index (χ0) is 18.0. The predicted octanol–water partition coefficient (Wildman–Crippen LogP) is 3.17. The minimum Gasteiger partial charge on any atom is -0.327 e. The zero-order valence-electron chi connectivity index (χ0n) is 14.9. The number of benzene rings is 2. The predicted molar refractivity (Wildman–Crippen MR) is 105 cm³/mol. The molecule has 0 aliphatic carbocycles. The Labute approximate surface area is 155 Å². The Balaban J connectivity index is 1.55. The number of nitrogens with one attached hydrogen (secondary N) is 2. The summed E-state index contributed by atoms with van der Waals surface area (Å²) in [6.45, 7) is 3.42. The Morgan fingerprint density at radius 3 is 2.08 bits per heavy atom. The Kier molecular flexibility index (Phi) is 6.69. The van der Waals surface area contributed by atoms with Crippen LogP contribution in [0.5, 0.6) is 0 Å². The van der Waals surface area contributed by atoms with Crippen molar-refractivity contribution in [2.75, 3.05) is 26.2 Å². The molecule has 134 valence electrons. The molecule has 0 saturated carbocycles. The largest absolute Gasteiger partial charge is 0.327 e. The van der Waals surface area contributed by atoms with Crippen LogP contribution in [-0.2, 0) is 0 Å². The second-order valence-corrected chi connectivity index (χ2v) is 6.42. The van der Waals surface area contributed by atoms with Gasteiger partial charge in [0.1, 0.15) is 0 Å². The fourth-order valence-corrected chi connectivity index (χ4v) is 3.13. The van der Waals surface area contributed by atoms with Gasteiger partial charge >= 0.3 is 6.03 Å². The molecule has 0 aromatic heterocycles. The van der Waals surface area contributed by atoms with Gasteiger partial charge in [0.05, 0.1) is 19.1 Å². The van der Waals surface area contributed by atoms with E-state index in [0.717, 1.165) is 30.8 Å². The summed E-state index contributed by atoms with van der Waals surface area (Å²) in [7, 11) is 0. The first-order chi connectivity index (χ1) is 12.8. The van der Waals surface area contributed by atoms with Crippen LogP contribution in [0.2, 0.25) is 0 Å². The van der Waals surface area contributed by atoms with Gasteiger partial charge in [0, 0.05) is 0 Å². The molecule has 1 aliphatic heterocycles. The fraction of sp³-hybridized carbons (Fsp3) is 0.318. The summed E-state index contributed by atoms with van der Waals surface area (Å²) in [5, 5.41) is 5.89. The highest BCUT2D eigenvalue weighted by Gasteiger charge is 2.16. The molecule has 3 rings (SSSR count). The summed E-state index contributed by atoms with van der Waals surface area (Å²) in [6, 6.07) is 19.6. The first-order valence-electron chi connectivity index (χ1n) is 9.15. The monoisotopic (exact) mass is 347 g/mol. The lowest BCUT2D eigenvalue weighted by molar-refractivity contribution is 0.240. The molecule has 0 unspecified atom stereocenters. The summed E-state index contributed by atoms with van der Waals surface area (Å²) >= 11 is 0. The van der Waals surface area contributed by atoms with Crippen molar-refractivity contribution in [3.8, 4) is 11.8 Å². The summed E-state index contributed by atoms with van der Waals surface area (Å²) in [5.41, 5.74) is 2.10. The van der Waals surface area contributed by atoms with Crippen molar-refractivity contribution in [2.45, 2.75) is 18.9 Å². The lowest BCUT2D eigenvalue weighted by Gasteiger charge is -2.19. The summed E-state index contributed by atoms with van der Waals surface area (Å²) in [6.07, 6.45) is 2.53. The van der Waals surface area contributed by atoms with E-state index in [1.165, 1.54) is 12.8 Å². The number of hydrogen-bond acceptors (Lipinski definition) is 2. The fourth-order valence-electron chi connectivity index (χ4n) is 3.13. The van der Waals surface area contributed by atoms with Gasteiger partial charge in [-0.3, -0.25) is 4.90 Å². The van der Waals surface area contributed by atoms with Crippen molar-refractivity contribution < 1.29 is 4.79 Å². The zero-order valence-corrected chi connectivity index (χ0v) is 14.9. The van der Waals surface area contributed by atoms with E-state index in [9.17, 15) is 4.79 Å². The highest BCUT2D eigenvalue weighted by Crippen LogP contribution is 2.21. The molecule has 2 amide bonds. The minimum atomic E-state index is -0.210. The van der Waals surface area contributed by atoms with Gasteiger partial charge < -0.3 is 10.6 Å². The Bertz CT molecular complexity index is 704. The number of hydrogen-bond donors (Lipinski definition) is 2. The van der Waals surface area contributed by atoms with E-state index in [0.29, 0.717) is 6.54 Å². The molecule has 4 heteroatoms. The molecular formula is C22H25N3O. The molecule has 0 radical (unpaired) electrons. The third-order valence-electron chi connectivity index (χ3n) is 4.50. The SMILES string of the molecule is O=C(NCC#CCN1CCCC1)NC(c1ccccc1)c1ccccc1. The van der Waals surface area contributed by atoms with Crippen molar-refractivity contribution in [3.05, 3.63) is 71.8 Å². The van der Waals surface area contributed by atoms with Crippen LogP contribution in [0.3, 0.4) is 0 Å². The van der Waals surface area contributed by atoms with Gasteiger partial charge in [0.15, 0.2) is 0 Å². The van der Waals surface area contributed by atoms with Gasteiger partial charge in [0.2, 0.25) is 0 Å². The lowest BCUT2D eigenvalue weighted by atomic mass is 9.99. The Morgan fingerprint density at radius 1 is 0.923 bits per heavy atom. The number of carbonyl (C=O) groups excluding carboxylic acids is 1. The number of rotatable bonds is 5. The number of urea groups is 1. The second kappa shape index (κ2) is 9.65. The quantitative estimate of drug-likeness (QED) is 0.816. The van der Waals surface area contributed by atoms with Crippen molar-refractivity contribution in [1.29, 1.82) is 0 Å². The highest BCUT2D eigenvalue weighted by molar-refractivity contribution is 5.75. The lowest BCUT2D eigenvalue weighted by Crippen LogP contribution is -2.38. The van der Waals surface area contributed by atoms with E-state index >= 15 is 0 Å². The standard InChI is InChI=1S/C22H25N3O/c26-22(23-15-7-8-16-25-17-9-10-18-25)24-21(19-11-3-1-4-12-19)20-13-5-2-6-14-20/h1-6,11-14,21H,9-10,15-18H2,(H2,23,24,26). The molecule has 26 heavy (non-hydrogen) atoms. The first-order valence-corrected chi connectivity index (χ1v) is 9.15. The first kappa shape index (κ1) is 18.0. The maximum absolute atomic E-state index is 12.3. The van der Waals surface area contributed by atoms with Crippen molar-refractivity contribution in [1.82, 2.24) is 15.5 Å². The number of carbonyl (C=O) groups is 1. The van der Waals surface area contributed by atoms with Crippen LogP contribution in [0.1, 0.15) is 30.0 Å². The normalized spacial score (nSPS) is 13.9. The van der Waals surface area contributed by atoms with Gasteiger partial charge in [-0.15, -0.1) is 0 Å². The van der Waals surface area contributed by atoms with Crippen LogP contribution in [-0.4, -0.2) is 37.1 Å². The summed E-state index contributed by atoms with van der Waals surface area (Å²) < 4.78 is 0. The summed E-state index contributed by atoms with van der Waals surface area (Å²) in [4.78, 5) is 14.7. The molecule has 1 fully saturated rings. The maximum Gasteiger partial charge on any atom is 0.316 e. The molecule has 2 aromatic carbocycles. The number of likely N-dealkylation sites (tertiary alicyclic amines) is 1. The van der Waals surface area contributed by atoms with Gasteiger partial charge in [-0.25, -0.2) is 4.79 Å². The average Bonchev–Trinajstić information content (AvgIpc) is 3.21. The maximum atomic E-state index is 12.3. The molecule has 1 aliphatic rings. The highest BCUT2D eigenvalue weighted by atomic mass is 16.2. The van der Waals surface area contributed by atoms with E-state index in [1.54, 1.807) is 0 Å². The number of amides is 2. The summed E-state index contributed by atoms with van der Waals surface area (Å²) in [5.74, 6) is 6.17. The molecule has 0 bridgehead atoms. The molecule has 2 aromatic rings. The molecular weight excluding hydrogens is 322 g/mol. The molecule has 4 nitrogen and oxygen atoms in total. The van der Waals surface area contributed by atoms with E-state index in [4.69, 9.17) is 0 Å². The Hall–Kier alpha value is -2.77. The van der Waals surface area contributed by atoms with Crippen LogP contribution in [0.4, 0.5) is 4.79 Å². The van der Waals surface area contributed by atoms with Crippen LogP contribution < -0.4 is 10.6 Å². The van der Waals surface area contributed by atoms with E-state index in [1.807, 2.05) is 60.7 Å². The topological polar surface area (TPSA) is 44.4 Å². The van der Waals surface area contributed by atoms with E-state index < -0.39 is 0 Å². The molecule has 1 saturated heterocycles. The molecule has 0 atom stereocenters. The van der Waals surface area contributed by atoms with E-state index in [-0.39, 0.29) is 12.1 Å². The number of nitrogens with zero attached hydrogens (tertiary/aromatic N) is 1. The van der Waals surface area contributed by atoms with E-state index in [2.05, 4.69) is 27.4 Å². The molecule has 2 N–H and O–H groups in total. The second-order valence-electron chi connectivity index (χ2n) is 6.42. The van der Waals surface area contributed by atoms with Crippen molar-refractivity contribution >= 4 is 6.03 Å². The minimum absolute atomic E-state index is 0.185. The van der Waals surface area contributed by atoms with Gasteiger partial charge in [-0.1, -0.05) is 72.5 Å². The van der Waals surface area contributed by atoms with Crippen molar-refractivity contribution in [3.63, 3.8) is 0 Å². The van der Waals surface area contributed by atoms with Crippen LogP contribution in [0, 0.1) is 11.8 Å². The Morgan fingerprint density at radius 2 is 1.50 bits per heavy atom. The third kappa shape index (κ3) is 5.37. The smallest absolute Gasteiger partial charge is 0.316 e. The van der Waals surface area contributed by atoms with Crippen LogP contribution >= 0.6 is 0 Å². The average molecular weight is 347 g/mol. The van der Waals surface area contributed by atoms with Gasteiger partial charge in [-0.2, -0.15) is 0 Å². The van der Waals surface area contributed by atoms with Crippen molar-refractivity contribution in [2.24, 2.45) is 0 Å². The van der Waals surface area contributed by atoms with Crippen LogP contribution in [0.25, 0.3) is 0 Å².